The molecule has 0 radical (unpaired) electrons. The van der Waals surface area contributed by atoms with Crippen molar-refractivity contribution in [1.82, 2.24) is 0 Å². The molecule has 0 heterocycles. The molecule has 5 nitrogen and oxygen atoms in total. The third-order valence-electron chi connectivity index (χ3n) is 6.88. The van der Waals surface area contributed by atoms with Gasteiger partial charge in [0.1, 0.15) is 12.4 Å². The van der Waals surface area contributed by atoms with Crippen LogP contribution in [0.1, 0.15) is 45.5 Å². The molecule has 0 spiro atoms. The van der Waals surface area contributed by atoms with E-state index in [1.807, 2.05) is 85.8 Å². The largest absolute Gasteiger partial charge is 0.506 e. The molecule has 0 aliphatic heterocycles. The van der Waals surface area contributed by atoms with Gasteiger partial charge in [0.15, 0.2) is 0 Å². The van der Waals surface area contributed by atoms with Gasteiger partial charge in [-0.2, -0.15) is 0 Å². The van der Waals surface area contributed by atoms with Gasteiger partial charge in [-0.1, -0.05) is 91.0 Å². The minimum absolute atomic E-state index is 0.00213. The van der Waals surface area contributed by atoms with Gasteiger partial charge in [-0.25, -0.2) is 4.79 Å². The van der Waals surface area contributed by atoms with Crippen LogP contribution < -0.4 is 5.32 Å². The fourth-order valence-corrected chi connectivity index (χ4v) is 4.70. The maximum atomic E-state index is 13.2. The third kappa shape index (κ3) is 5.99. The number of ether oxygens (including phenoxy) is 1. The minimum Gasteiger partial charge on any atom is -0.506 e. The summed E-state index contributed by atoms with van der Waals surface area (Å²) in [4.78, 5) is 25.6. The molecule has 39 heavy (non-hydrogen) atoms. The Balaban J connectivity index is 1.30. The molecule has 0 saturated carbocycles. The molecule has 2 N–H and O–H groups in total. The lowest BCUT2D eigenvalue weighted by atomic mass is 9.94. The summed E-state index contributed by atoms with van der Waals surface area (Å²) < 4.78 is 5.55. The fraction of sp³-hybridized carbons (Fsp3) is 0.118. The average Bonchev–Trinajstić information content (AvgIpc) is 2.98. The second-order valence-electron chi connectivity index (χ2n) is 9.52. The summed E-state index contributed by atoms with van der Waals surface area (Å²) in [6, 6.07) is 35.8. The lowest BCUT2D eigenvalue weighted by Gasteiger charge is -2.16. The molecule has 0 aliphatic rings. The molecule has 5 aromatic rings. The Morgan fingerprint density at radius 2 is 1.49 bits per heavy atom. The van der Waals surface area contributed by atoms with Crippen LogP contribution in [0.4, 0.5) is 5.69 Å². The molecule has 0 bridgehead atoms. The monoisotopic (exact) mass is 515 g/mol. The number of rotatable bonds is 8. The topological polar surface area (TPSA) is 75.6 Å². The number of aromatic hydroxyl groups is 1. The molecule has 0 aromatic heterocycles. The first kappa shape index (κ1) is 25.7. The van der Waals surface area contributed by atoms with Crippen molar-refractivity contribution in [3.05, 3.63) is 143 Å². The number of hydrogen-bond donors (Lipinski definition) is 2. The lowest BCUT2D eigenvalue weighted by Crippen LogP contribution is -2.19. The van der Waals surface area contributed by atoms with Crippen molar-refractivity contribution in [2.45, 2.75) is 25.9 Å². The van der Waals surface area contributed by atoms with Crippen LogP contribution in [0.15, 0.2) is 115 Å². The van der Waals surface area contributed by atoms with Crippen LogP contribution in [0.3, 0.4) is 0 Å². The van der Waals surface area contributed by atoms with Crippen LogP contribution in [0, 0.1) is 0 Å². The van der Waals surface area contributed by atoms with Crippen LogP contribution in [0.2, 0.25) is 0 Å². The zero-order valence-electron chi connectivity index (χ0n) is 21.6. The zero-order chi connectivity index (χ0) is 27.2. The van der Waals surface area contributed by atoms with Crippen LogP contribution in [0.25, 0.3) is 10.8 Å². The van der Waals surface area contributed by atoms with E-state index in [1.54, 1.807) is 36.4 Å². The van der Waals surface area contributed by atoms with Gasteiger partial charge >= 0.3 is 5.97 Å². The Kier molecular flexibility index (Phi) is 7.69. The molecule has 5 heteroatoms. The van der Waals surface area contributed by atoms with E-state index in [9.17, 15) is 14.7 Å². The number of amides is 1. The van der Waals surface area contributed by atoms with Gasteiger partial charge in [0, 0.05) is 0 Å². The lowest BCUT2D eigenvalue weighted by molar-refractivity contribution is -0.117. The number of carbonyl (C=O) groups excluding carboxylic acids is 2. The van der Waals surface area contributed by atoms with Crippen LogP contribution >= 0.6 is 0 Å². The van der Waals surface area contributed by atoms with Crippen LogP contribution in [0.5, 0.6) is 5.75 Å². The number of phenolic OH excluding ortho intramolecular Hbond substituents is 1. The molecule has 5 aromatic carbocycles. The number of esters is 1. The van der Waals surface area contributed by atoms with E-state index >= 15 is 0 Å². The highest BCUT2D eigenvalue weighted by Gasteiger charge is 2.19. The predicted molar refractivity (Wildman–Crippen MR) is 154 cm³/mol. The highest BCUT2D eigenvalue weighted by atomic mass is 16.5. The van der Waals surface area contributed by atoms with Crippen LogP contribution in [-0.4, -0.2) is 17.0 Å². The number of anilines is 1. The molecule has 1 atom stereocenters. The van der Waals surface area contributed by atoms with Gasteiger partial charge in [-0.05, 0) is 70.6 Å². The van der Waals surface area contributed by atoms with E-state index < -0.39 is 5.92 Å². The number of carbonyl (C=O) groups is 2. The van der Waals surface area contributed by atoms with Crippen molar-refractivity contribution in [3.8, 4) is 5.75 Å². The van der Waals surface area contributed by atoms with E-state index in [4.69, 9.17) is 4.74 Å². The Bertz CT molecular complexity index is 1620. The molecular weight excluding hydrogens is 486 g/mol. The Labute approximate surface area is 227 Å². The Morgan fingerprint density at radius 3 is 2.31 bits per heavy atom. The second kappa shape index (κ2) is 11.7. The summed E-state index contributed by atoms with van der Waals surface area (Å²) in [6.07, 6.45) is 0.543. The standard InChI is InChI=1S/C34H29NO4/c1-23(29-17-9-15-25-10-7-8-16-30(25)29)33(37)35-31-21-24(18-19-32(31)36)20-27-13-5-6-14-28(27)22-39-34(38)26-11-3-2-4-12-26/h2-19,21,23,36H,20,22H2,1H3,(H,35,37). The maximum absolute atomic E-state index is 13.2. The first-order valence-corrected chi connectivity index (χ1v) is 12.9. The van der Waals surface area contributed by atoms with E-state index in [0.717, 1.165) is 33.0 Å². The van der Waals surface area contributed by atoms with E-state index in [-0.39, 0.29) is 24.2 Å². The quantitative estimate of drug-likeness (QED) is 0.169. The van der Waals surface area contributed by atoms with E-state index in [2.05, 4.69) is 5.32 Å². The summed E-state index contributed by atoms with van der Waals surface area (Å²) >= 11 is 0. The molecule has 0 saturated heterocycles. The summed E-state index contributed by atoms with van der Waals surface area (Å²) in [6.45, 7) is 2.01. The van der Waals surface area contributed by atoms with Gasteiger partial charge in [0.25, 0.3) is 0 Å². The van der Waals surface area contributed by atoms with Crippen molar-refractivity contribution < 1.29 is 19.4 Å². The molecule has 194 valence electrons. The maximum Gasteiger partial charge on any atom is 0.338 e. The summed E-state index contributed by atoms with van der Waals surface area (Å²) in [7, 11) is 0. The van der Waals surface area contributed by atoms with Gasteiger partial charge in [-0.15, -0.1) is 0 Å². The van der Waals surface area contributed by atoms with Gasteiger partial charge in [0.05, 0.1) is 17.2 Å². The average molecular weight is 516 g/mol. The summed E-state index contributed by atoms with van der Waals surface area (Å²) in [5, 5.41) is 15.5. The van der Waals surface area contributed by atoms with Crippen molar-refractivity contribution in [2.24, 2.45) is 0 Å². The number of nitrogens with one attached hydrogen (secondary N) is 1. The second-order valence-corrected chi connectivity index (χ2v) is 9.52. The molecular formula is C34H29NO4. The van der Waals surface area contributed by atoms with Crippen molar-refractivity contribution >= 4 is 28.3 Å². The fourth-order valence-electron chi connectivity index (χ4n) is 4.70. The molecule has 5 rings (SSSR count). The minimum atomic E-state index is -0.417. The molecule has 1 amide bonds. The number of benzene rings is 5. The van der Waals surface area contributed by atoms with Gasteiger partial charge < -0.3 is 15.2 Å². The normalized spacial score (nSPS) is 11.6. The molecule has 1 unspecified atom stereocenters. The molecule has 0 fully saturated rings. The number of phenols is 1. The summed E-state index contributed by atoms with van der Waals surface area (Å²) in [5.41, 5.74) is 4.59. The van der Waals surface area contributed by atoms with Gasteiger partial charge in [0.2, 0.25) is 5.91 Å². The summed E-state index contributed by atoms with van der Waals surface area (Å²) in [5.74, 6) is -0.992. The Morgan fingerprint density at radius 1 is 0.795 bits per heavy atom. The van der Waals surface area contributed by atoms with Crippen molar-refractivity contribution in [2.75, 3.05) is 5.32 Å². The smallest absolute Gasteiger partial charge is 0.338 e. The highest BCUT2D eigenvalue weighted by Crippen LogP contribution is 2.30. The molecule has 0 aliphatic carbocycles. The Hall–Kier alpha value is -4.90. The first-order chi connectivity index (χ1) is 19.0. The van der Waals surface area contributed by atoms with Crippen molar-refractivity contribution in [3.63, 3.8) is 0 Å². The number of hydrogen-bond acceptors (Lipinski definition) is 4. The highest BCUT2D eigenvalue weighted by molar-refractivity contribution is 6.00. The van der Waals surface area contributed by atoms with Gasteiger partial charge in [-0.3, -0.25) is 4.79 Å². The SMILES string of the molecule is CC(C(=O)Nc1cc(Cc2ccccc2COC(=O)c2ccccc2)ccc1O)c1cccc2ccccc12. The third-order valence-corrected chi connectivity index (χ3v) is 6.88. The van der Waals surface area contributed by atoms with E-state index in [0.29, 0.717) is 17.7 Å². The number of fused-ring (bicyclic) bond motifs is 1. The zero-order valence-corrected chi connectivity index (χ0v) is 21.6. The van der Waals surface area contributed by atoms with E-state index in [1.165, 1.54) is 0 Å². The van der Waals surface area contributed by atoms with Crippen molar-refractivity contribution in [1.29, 1.82) is 0 Å². The first-order valence-electron chi connectivity index (χ1n) is 12.9. The van der Waals surface area contributed by atoms with Crippen LogP contribution in [-0.2, 0) is 22.6 Å². The predicted octanol–water partition coefficient (Wildman–Crippen LogP) is 7.24.